The molecule has 0 spiro atoms. The molecule has 0 radical (unpaired) electrons. The molecule has 0 bridgehead atoms. The molecule has 6 nitrogen and oxygen atoms in total. The predicted molar refractivity (Wildman–Crippen MR) is 131 cm³/mol. The van der Waals surface area contributed by atoms with Crippen molar-refractivity contribution in [3.8, 4) is 22.5 Å². The summed E-state index contributed by atoms with van der Waals surface area (Å²) in [5.74, 6) is -0.574. The Morgan fingerprint density at radius 1 is 0.909 bits per heavy atom. The van der Waals surface area contributed by atoms with Crippen LogP contribution in [0, 0.1) is 0 Å². The lowest BCUT2D eigenvalue weighted by atomic mass is 10.1. The van der Waals surface area contributed by atoms with Crippen LogP contribution in [0.4, 0.5) is 5.69 Å². The highest BCUT2D eigenvalue weighted by molar-refractivity contribution is 7.99. The molecule has 0 atom stereocenters. The molecule has 4 rings (SSSR count). The monoisotopic (exact) mass is 457 g/mol. The van der Waals surface area contributed by atoms with Gasteiger partial charge >= 0.3 is 5.97 Å². The van der Waals surface area contributed by atoms with Crippen molar-refractivity contribution in [1.29, 1.82) is 0 Å². The van der Waals surface area contributed by atoms with Crippen molar-refractivity contribution in [1.82, 2.24) is 9.97 Å². The van der Waals surface area contributed by atoms with E-state index in [2.05, 4.69) is 10.3 Å². The van der Waals surface area contributed by atoms with Crippen LogP contribution < -0.4 is 5.32 Å². The van der Waals surface area contributed by atoms with Gasteiger partial charge in [-0.2, -0.15) is 0 Å². The summed E-state index contributed by atoms with van der Waals surface area (Å²) < 4.78 is 5.07. The van der Waals surface area contributed by atoms with Crippen LogP contribution in [0.15, 0.2) is 90.1 Å². The number of carbonyl (C=O) groups excluding carboxylic acids is 2. The molecule has 166 valence electrons. The predicted octanol–water partition coefficient (Wildman–Crippen LogP) is 5.65. The topological polar surface area (TPSA) is 84.1 Å². The van der Waals surface area contributed by atoms with E-state index >= 15 is 0 Å². The standard InChI is InChI=1S/C26H23N3O3S/c1-2-32-25(31)20-15-9-10-16-21(20)27-22(30)17-33-26-28-23(18-11-5-3-6-12-18)24(29-26)19-13-7-4-8-14-19/h3-16H,2,17H2,1H3,(H,27,30)(H,28,29). The van der Waals surface area contributed by atoms with Crippen LogP contribution in [0.5, 0.6) is 0 Å². The van der Waals surface area contributed by atoms with Crippen molar-refractivity contribution in [2.45, 2.75) is 12.1 Å². The van der Waals surface area contributed by atoms with E-state index in [0.29, 0.717) is 16.4 Å². The Bertz CT molecular complexity index is 1180. The fourth-order valence-electron chi connectivity index (χ4n) is 3.34. The number of amides is 1. The smallest absolute Gasteiger partial charge is 0.340 e. The lowest BCUT2D eigenvalue weighted by molar-refractivity contribution is -0.113. The van der Waals surface area contributed by atoms with Gasteiger partial charge in [-0.1, -0.05) is 84.6 Å². The first kappa shape index (κ1) is 22.4. The number of hydrogen-bond acceptors (Lipinski definition) is 5. The minimum atomic E-state index is -0.466. The van der Waals surface area contributed by atoms with Crippen LogP contribution >= 0.6 is 11.8 Å². The van der Waals surface area contributed by atoms with Crippen molar-refractivity contribution in [3.05, 3.63) is 90.5 Å². The molecule has 0 saturated heterocycles. The lowest BCUT2D eigenvalue weighted by Crippen LogP contribution is -2.17. The maximum Gasteiger partial charge on any atom is 0.340 e. The highest BCUT2D eigenvalue weighted by Gasteiger charge is 2.17. The van der Waals surface area contributed by atoms with Gasteiger partial charge < -0.3 is 15.0 Å². The molecule has 2 N–H and O–H groups in total. The van der Waals surface area contributed by atoms with Gasteiger partial charge in [0.15, 0.2) is 5.16 Å². The number of anilines is 1. The first-order chi connectivity index (χ1) is 16.2. The number of para-hydroxylation sites is 1. The molecular formula is C26H23N3O3S. The average Bonchev–Trinajstić information content (AvgIpc) is 3.29. The molecule has 1 heterocycles. The summed E-state index contributed by atoms with van der Waals surface area (Å²) in [5, 5.41) is 3.44. The van der Waals surface area contributed by atoms with Crippen LogP contribution in [-0.4, -0.2) is 34.2 Å². The number of nitrogens with one attached hydrogen (secondary N) is 2. The molecule has 7 heteroatoms. The van der Waals surface area contributed by atoms with Gasteiger partial charge in [-0.3, -0.25) is 4.79 Å². The van der Waals surface area contributed by atoms with Crippen molar-refractivity contribution in [3.63, 3.8) is 0 Å². The number of hydrogen-bond donors (Lipinski definition) is 2. The number of nitrogens with zero attached hydrogens (tertiary/aromatic N) is 1. The number of thioether (sulfide) groups is 1. The second kappa shape index (κ2) is 10.7. The largest absolute Gasteiger partial charge is 0.462 e. The molecule has 0 saturated carbocycles. The Kier molecular flexibility index (Phi) is 7.22. The first-order valence-electron chi connectivity index (χ1n) is 10.6. The zero-order valence-corrected chi connectivity index (χ0v) is 18.9. The minimum Gasteiger partial charge on any atom is -0.462 e. The highest BCUT2D eigenvalue weighted by Crippen LogP contribution is 2.32. The fourth-order valence-corrected chi connectivity index (χ4v) is 4.01. The number of H-pyrrole nitrogens is 1. The van der Waals surface area contributed by atoms with Crippen LogP contribution in [-0.2, 0) is 9.53 Å². The van der Waals surface area contributed by atoms with Gasteiger partial charge in [-0.25, -0.2) is 9.78 Å². The summed E-state index contributed by atoms with van der Waals surface area (Å²) in [5.41, 5.74) is 4.50. The fraction of sp³-hybridized carbons (Fsp3) is 0.115. The van der Waals surface area contributed by atoms with E-state index in [4.69, 9.17) is 9.72 Å². The molecular weight excluding hydrogens is 434 g/mol. The van der Waals surface area contributed by atoms with E-state index in [1.54, 1.807) is 31.2 Å². The van der Waals surface area contributed by atoms with Gasteiger partial charge in [0.05, 0.1) is 35.0 Å². The van der Waals surface area contributed by atoms with Gasteiger partial charge in [-0.15, -0.1) is 0 Å². The summed E-state index contributed by atoms with van der Waals surface area (Å²) in [7, 11) is 0. The Balaban J connectivity index is 1.51. The van der Waals surface area contributed by atoms with E-state index in [-0.39, 0.29) is 18.3 Å². The molecule has 0 fully saturated rings. The Hall–Kier alpha value is -3.84. The molecule has 0 unspecified atom stereocenters. The highest BCUT2D eigenvalue weighted by atomic mass is 32.2. The number of aromatic nitrogens is 2. The number of esters is 1. The second-order valence-electron chi connectivity index (χ2n) is 7.10. The van der Waals surface area contributed by atoms with Gasteiger partial charge in [0.1, 0.15) is 0 Å². The SMILES string of the molecule is CCOC(=O)c1ccccc1NC(=O)CSc1nc(-c2ccccc2)c(-c2ccccc2)[nH]1. The van der Waals surface area contributed by atoms with E-state index in [1.807, 2.05) is 60.7 Å². The molecule has 1 amide bonds. The van der Waals surface area contributed by atoms with Crippen molar-refractivity contribution < 1.29 is 14.3 Å². The van der Waals surface area contributed by atoms with Crippen molar-refractivity contribution >= 4 is 29.3 Å². The normalized spacial score (nSPS) is 10.6. The molecule has 33 heavy (non-hydrogen) atoms. The molecule has 3 aromatic carbocycles. The zero-order valence-electron chi connectivity index (χ0n) is 18.1. The van der Waals surface area contributed by atoms with Crippen LogP contribution in [0.3, 0.4) is 0 Å². The summed E-state index contributed by atoms with van der Waals surface area (Å²) in [6.07, 6.45) is 0. The molecule has 1 aromatic heterocycles. The number of rotatable bonds is 8. The first-order valence-corrected chi connectivity index (χ1v) is 11.5. The van der Waals surface area contributed by atoms with Gasteiger partial charge in [-0.05, 0) is 19.1 Å². The maximum absolute atomic E-state index is 12.6. The number of ether oxygens (including phenoxy) is 1. The Morgan fingerprint density at radius 2 is 1.55 bits per heavy atom. The summed E-state index contributed by atoms with van der Waals surface area (Å²) >= 11 is 1.30. The van der Waals surface area contributed by atoms with E-state index in [9.17, 15) is 9.59 Å². The van der Waals surface area contributed by atoms with Crippen molar-refractivity contribution in [2.75, 3.05) is 17.7 Å². The van der Waals surface area contributed by atoms with Crippen molar-refractivity contribution in [2.24, 2.45) is 0 Å². The van der Waals surface area contributed by atoms with E-state index in [1.165, 1.54) is 11.8 Å². The molecule has 0 aliphatic rings. The number of imidazole rings is 1. The summed E-state index contributed by atoms with van der Waals surface area (Å²) in [4.78, 5) is 32.9. The maximum atomic E-state index is 12.6. The molecule has 0 aliphatic heterocycles. The summed E-state index contributed by atoms with van der Waals surface area (Å²) in [6, 6.07) is 26.7. The minimum absolute atomic E-state index is 0.132. The molecule has 0 aliphatic carbocycles. The Labute approximate surface area is 196 Å². The third-order valence-corrected chi connectivity index (χ3v) is 5.70. The third-order valence-electron chi connectivity index (χ3n) is 4.83. The quantitative estimate of drug-likeness (QED) is 0.264. The van der Waals surface area contributed by atoms with E-state index < -0.39 is 5.97 Å². The number of benzene rings is 3. The Morgan fingerprint density at radius 3 is 2.24 bits per heavy atom. The number of aromatic amines is 1. The van der Waals surface area contributed by atoms with Gasteiger partial charge in [0.2, 0.25) is 5.91 Å². The average molecular weight is 458 g/mol. The lowest BCUT2D eigenvalue weighted by Gasteiger charge is -2.09. The number of carbonyl (C=O) groups is 2. The van der Waals surface area contributed by atoms with Crippen LogP contribution in [0.2, 0.25) is 0 Å². The van der Waals surface area contributed by atoms with Gasteiger partial charge in [0, 0.05) is 11.1 Å². The second-order valence-corrected chi connectivity index (χ2v) is 8.06. The van der Waals surface area contributed by atoms with Gasteiger partial charge in [0.25, 0.3) is 0 Å². The molecule has 4 aromatic rings. The van der Waals surface area contributed by atoms with E-state index in [0.717, 1.165) is 22.5 Å². The van der Waals surface area contributed by atoms with Crippen LogP contribution in [0.1, 0.15) is 17.3 Å². The van der Waals surface area contributed by atoms with Crippen LogP contribution in [0.25, 0.3) is 22.5 Å². The zero-order chi connectivity index (χ0) is 23.0. The summed E-state index contributed by atoms with van der Waals surface area (Å²) in [6.45, 7) is 2.01. The third kappa shape index (κ3) is 5.51.